The van der Waals surface area contributed by atoms with Crippen molar-refractivity contribution in [2.75, 3.05) is 19.7 Å². The van der Waals surface area contributed by atoms with Gasteiger partial charge in [0.25, 0.3) is 0 Å². The van der Waals surface area contributed by atoms with Crippen molar-refractivity contribution in [3.63, 3.8) is 0 Å². The smallest absolute Gasteiger partial charge is 0.334 e. The number of hydrogen-bond acceptors (Lipinski definition) is 3. The highest BCUT2D eigenvalue weighted by atomic mass is 16.5. The zero-order valence-electron chi connectivity index (χ0n) is 17.5. The molecule has 0 saturated heterocycles. The van der Waals surface area contributed by atoms with Gasteiger partial charge in [0, 0.05) is 25.1 Å². The predicted molar refractivity (Wildman–Crippen MR) is 115 cm³/mol. The van der Waals surface area contributed by atoms with Gasteiger partial charge in [0.05, 0.1) is 6.61 Å². The Morgan fingerprint density at radius 1 is 0.963 bits per heavy atom. The first kappa shape index (κ1) is 23.0. The van der Waals surface area contributed by atoms with Crippen LogP contribution in [0.5, 0.6) is 0 Å². The fourth-order valence-electron chi connectivity index (χ4n) is 2.87. The van der Waals surface area contributed by atoms with Crippen molar-refractivity contribution >= 4 is 5.97 Å². The Bertz CT molecular complexity index is 559. The molecule has 0 fully saturated rings. The fourth-order valence-corrected chi connectivity index (χ4v) is 2.87. The molecule has 1 aromatic carbocycles. The lowest BCUT2D eigenvalue weighted by atomic mass is 10.0. The molecule has 0 aromatic heterocycles. The Morgan fingerprint density at radius 3 is 2.30 bits per heavy atom. The van der Waals surface area contributed by atoms with E-state index in [0.717, 1.165) is 31.5 Å². The van der Waals surface area contributed by atoms with Gasteiger partial charge in [0.15, 0.2) is 0 Å². The fraction of sp³-hybridized carbons (Fsp3) is 0.542. The summed E-state index contributed by atoms with van der Waals surface area (Å²) < 4.78 is 5.54. The van der Waals surface area contributed by atoms with Gasteiger partial charge in [0.2, 0.25) is 0 Å². The molecule has 1 rings (SSSR count). The highest BCUT2D eigenvalue weighted by Crippen LogP contribution is 2.11. The summed E-state index contributed by atoms with van der Waals surface area (Å²) in [5.41, 5.74) is 1.83. The minimum atomic E-state index is -0.198. The van der Waals surface area contributed by atoms with Crippen LogP contribution in [0.25, 0.3) is 0 Å². The zero-order chi connectivity index (χ0) is 19.7. The molecule has 0 N–H and O–H groups in total. The predicted octanol–water partition coefficient (Wildman–Crippen LogP) is 5.91. The number of esters is 1. The van der Waals surface area contributed by atoms with Gasteiger partial charge in [0.1, 0.15) is 0 Å². The molecular formula is C24H37NO2. The van der Waals surface area contributed by atoms with Gasteiger partial charge in [-0.2, -0.15) is 0 Å². The number of carbonyl (C=O) groups is 1. The number of unbranched alkanes of at least 4 members (excludes halogenated alkanes) is 5. The van der Waals surface area contributed by atoms with Crippen LogP contribution in [0, 0.1) is 0 Å². The molecule has 0 aliphatic carbocycles. The van der Waals surface area contributed by atoms with Crippen molar-refractivity contribution in [3.8, 4) is 0 Å². The van der Waals surface area contributed by atoms with Crippen LogP contribution in [0.4, 0.5) is 0 Å². The molecule has 3 nitrogen and oxygen atoms in total. The summed E-state index contributed by atoms with van der Waals surface area (Å²) in [6.07, 6.45) is 13.6. The minimum Gasteiger partial charge on any atom is -0.462 e. The lowest BCUT2D eigenvalue weighted by Crippen LogP contribution is -2.15. The molecule has 3 heteroatoms. The summed E-state index contributed by atoms with van der Waals surface area (Å²) >= 11 is 0. The number of carbonyl (C=O) groups excluding carboxylic acids is 1. The van der Waals surface area contributed by atoms with Crippen LogP contribution in [0.15, 0.2) is 54.3 Å². The average molecular weight is 372 g/mol. The Kier molecular flexibility index (Phi) is 12.8. The van der Waals surface area contributed by atoms with Crippen LogP contribution in [-0.2, 0) is 16.0 Å². The van der Waals surface area contributed by atoms with Crippen LogP contribution in [-0.4, -0.2) is 30.6 Å². The molecule has 0 saturated carbocycles. The van der Waals surface area contributed by atoms with Crippen LogP contribution in [0.3, 0.4) is 0 Å². The molecule has 0 amide bonds. The largest absolute Gasteiger partial charge is 0.462 e. The van der Waals surface area contributed by atoms with Crippen molar-refractivity contribution in [2.45, 2.75) is 65.7 Å². The molecule has 0 spiro atoms. The highest BCUT2D eigenvalue weighted by molar-refractivity contribution is 5.89. The maximum absolute atomic E-state index is 12.6. The molecule has 150 valence electrons. The molecule has 0 radical (unpaired) electrons. The average Bonchev–Trinajstić information content (AvgIpc) is 2.70. The van der Waals surface area contributed by atoms with E-state index in [0.29, 0.717) is 18.6 Å². The second-order valence-electron chi connectivity index (χ2n) is 6.82. The molecule has 0 atom stereocenters. The second kappa shape index (κ2) is 15.1. The Hall–Kier alpha value is -2.03. The maximum Gasteiger partial charge on any atom is 0.334 e. The van der Waals surface area contributed by atoms with E-state index in [-0.39, 0.29) is 5.97 Å². The second-order valence-corrected chi connectivity index (χ2v) is 6.82. The molecule has 0 heterocycles. The SMILES string of the molecule is CCCCCCCCOC(=O)C(=CC=CN(CC)CC)Cc1ccccc1. The van der Waals surface area contributed by atoms with Crippen molar-refractivity contribution in [3.05, 3.63) is 59.8 Å². The Balaban J connectivity index is 2.60. The summed E-state index contributed by atoms with van der Waals surface area (Å²) in [6, 6.07) is 10.1. The summed E-state index contributed by atoms with van der Waals surface area (Å²) in [5, 5.41) is 0. The van der Waals surface area contributed by atoms with Gasteiger partial charge in [-0.3, -0.25) is 0 Å². The summed E-state index contributed by atoms with van der Waals surface area (Å²) in [5.74, 6) is -0.198. The van der Waals surface area contributed by atoms with Gasteiger partial charge >= 0.3 is 5.97 Å². The van der Waals surface area contributed by atoms with E-state index in [2.05, 4.69) is 25.7 Å². The monoisotopic (exact) mass is 371 g/mol. The van der Waals surface area contributed by atoms with Crippen LogP contribution in [0.2, 0.25) is 0 Å². The molecule has 0 unspecified atom stereocenters. The third-order valence-electron chi connectivity index (χ3n) is 4.64. The lowest BCUT2D eigenvalue weighted by Gasteiger charge is -2.14. The first-order valence-corrected chi connectivity index (χ1v) is 10.5. The van der Waals surface area contributed by atoms with E-state index in [1.807, 2.05) is 48.7 Å². The first-order chi connectivity index (χ1) is 13.2. The van der Waals surface area contributed by atoms with Crippen molar-refractivity contribution < 1.29 is 9.53 Å². The number of rotatable bonds is 14. The van der Waals surface area contributed by atoms with Crippen LogP contribution >= 0.6 is 0 Å². The van der Waals surface area contributed by atoms with E-state index in [1.165, 1.54) is 25.7 Å². The number of hydrogen-bond donors (Lipinski definition) is 0. The molecular weight excluding hydrogens is 334 g/mol. The normalized spacial score (nSPS) is 11.7. The molecule has 1 aromatic rings. The standard InChI is InChI=1S/C24H37NO2/c1-4-7-8-9-10-14-20-27-24(26)23(18-15-19-25(5-2)6-3)21-22-16-12-11-13-17-22/h11-13,15-19H,4-10,14,20-21H2,1-3H3. The minimum absolute atomic E-state index is 0.198. The number of ether oxygens (including phenoxy) is 1. The molecule has 0 bridgehead atoms. The maximum atomic E-state index is 12.6. The topological polar surface area (TPSA) is 29.5 Å². The summed E-state index contributed by atoms with van der Waals surface area (Å²) in [7, 11) is 0. The van der Waals surface area contributed by atoms with Crippen molar-refractivity contribution in [2.24, 2.45) is 0 Å². The van der Waals surface area contributed by atoms with E-state index >= 15 is 0 Å². The van der Waals surface area contributed by atoms with Crippen LogP contribution in [0.1, 0.15) is 64.9 Å². The Morgan fingerprint density at radius 2 is 1.63 bits per heavy atom. The van der Waals surface area contributed by atoms with E-state index in [4.69, 9.17) is 4.74 Å². The van der Waals surface area contributed by atoms with Gasteiger partial charge < -0.3 is 9.64 Å². The molecule has 0 aliphatic rings. The van der Waals surface area contributed by atoms with E-state index < -0.39 is 0 Å². The van der Waals surface area contributed by atoms with Crippen molar-refractivity contribution in [1.29, 1.82) is 0 Å². The van der Waals surface area contributed by atoms with E-state index in [1.54, 1.807) is 0 Å². The van der Waals surface area contributed by atoms with Crippen LogP contribution < -0.4 is 0 Å². The summed E-state index contributed by atoms with van der Waals surface area (Å²) in [6.45, 7) is 8.89. The Labute approximate surface area is 166 Å². The molecule has 27 heavy (non-hydrogen) atoms. The summed E-state index contributed by atoms with van der Waals surface area (Å²) in [4.78, 5) is 14.8. The van der Waals surface area contributed by atoms with Gasteiger partial charge in [-0.1, -0.05) is 75.4 Å². The zero-order valence-corrected chi connectivity index (χ0v) is 17.5. The number of allylic oxidation sites excluding steroid dienone is 2. The quantitative estimate of drug-likeness (QED) is 0.176. The van der Waals surface area contributed by atoms with Crippen molar-refractivity contribution in [1.82, 2.24) is 4.90 Å². The highest BCUT2D eigenvalue weighted by Gasteiger charge is 2.11. The third-order valence-corrected chi connectivity index (χ3v) is 4.64. The number of nitrogens with zero attached hydrogens (tertiary/aromatic N) is 1. The van der Waals surface area contributed by atoms with E-state index in [9.17, 15) is 4.79 Å². The molecule has 0 aliphatic heterocycles. The lowest BCUT2D eigenvalue weighted by molar-refractivity contribution is -0.139. The first-order valence-electron chi connectivity index (χ1n) is 10.5. The van der Waals surface area contributed by atoms with Gasteiger partial charge in [-0.05, 0) is 38.1 Å². The van der Waals surface area contributed by atoms with Gasteiger partial charge in [-0.15, -0.1) is 0 Å². The number of benzene rings is 1. The van der Waals surface area contributed by atoms with Gasteiger partial charge in [-0.25, -0.2) is 4.79 Å². The third kappa shape index (κ3) is 10.6.